The quantitative estimate of drug-likeness (QED) is 0.638. The molecule has 1 heterocycles. The highest BCUT2D eigenvalue weighted by atomic mass is 16.6. The summed E-state index contributed by atoms with van der Waals surface area (Å²) >= 11 is 0. The summed E-state index contributed by atoms with van der Waals surface area (Å²) < 4.78 is 5.46. The Morgan fingerprint density at radius 3 is 2.81 bits per heavy atom. The van der Waals surface area contributed by atoms with Crippen molar-refractivity contribution >= 4 is 11.8 Å². The van der Waals surface area contributed by atoms with Gasteiger partial charge in [0, 0.05) is 12.3 Å². The molecule has 2 unspecified atom stereocenters. The first-order valence-corrected chi connectivity index (χ1v) is 8.08. The number of rotatable bonds is 4. The van der Waals surface area contributed by atoms with Crippen molar-refractivity contribution in [1.82, 2.24) is 0 Å². The molecule has 0 aromatic carbocycles. The lowest BCUT2D eigenvalue weighted by molar-refractivity contribution is -0.263. The summed E-state index contributed by atoms with van der Waals surface area (Å²) in [7, 11) is 0. The van der Waals surface area contributed by atoms with Gasteiger partial charge in [-0.05, 0) is 32.6 Å². The molecule has 2 aliphatic carbocycles. The zero-order valence-corrected chi connectivity index (χ0v) is 12.8. The van der Waals surface area contributed by atoms with Crippen molar-refractivity contribution in [3.63, 3.8) is 0 Å². The van der Waals surface area contributed by atoms with Gasteiger partial charge in [0.05, 0.1) is 12.0 Å². The molecule has 0 amide bonds. The summed E-state index contributed by atoms with van der Waals surface area (Å²) in [5, 5.41) is 10.9. The van der Waals surface area contributed by atoms with Crippen LogP contribution in [-0.4, -0.2) is 28.6 Å². The summed E-state index contributed by atoms with van der Waals surface area (Å²) in [6.07, 6.45) is 7.90. The van der Waals surface area contributed by atoms with E-state index in [1.54, 1.807) is 0 Å². The lowest BCUT2D eigenvalue weighted by Gasteiger charge is -2.55. The number of hydrogen-bond donors (Lipinski definition) is 1. The molecule has 4 nitrogen and oxygen atoms in total. The van der Waals surface area contributed by atoms with Gasteiger partial charge in [0.25, 0.3) is 0 Å². The molecular weight excluding hydrogens is 268 g/mol. The molecule has 0 aromatic heterocycles. The number of carbonyl (C=O) groups excluding carboxylic acids is 2. The van der Waals surface area contributed by atoms with E-state index in [1.165, 1.54) is 0 Å². The fourth-order valence-corrected chi connectivity index (χ4v) is 4.58. The van der Waals surface area contributed by atoms with Crippen LogP contribution in [0.25, 0.3) is 0 Å². The van der Waals surface area contributed by atoms with Crippen molar-refractivity contribution in [2.24, 2.45) is 17.3 Å². The standard InChI is InChI=1S/C17H24O4/c1-3-7-12-13(18)10-17(15(20)21-16(12,17)2)14(19)11-8-5-4-6-9-11/h5,8,11-12,14,19H,3-4,6-7,9-10H2,1-2H3/t11?,12-,14-,16-,17?/m0/s1. The Balaban J connectivity index is 1.94. The van der Waals surface area contributed by atoms with Crippen molar-refractivity contribution in [1.29, 1.82) is 0 Å². The van der Waals surface area contributed by atoms with Crippen LogP contribution in [0.2, 0.25) is 0 Å². The lowest BCUT2D eigenvalue weighted by Crippen LogP contribution is -2.70. The second-order valence-corrected chi connectivity index (χ2v) is 6.92. The maximum Gasteiger partial charge on any atom is 0.319 e. The molecular formula is C17H24O4. The van der Waals surface area contributed by atoms with Crippen LogP contribution in [0, 0.1) is 17.3 Å². The number of fused-ring (bicyclic) bond motifs is 1. The molecule has 0 spiro atoms. The first-order chi connectivity index (χ1) is 9.97. The molecule has 1 aliphatic heterocycles. The predicted octanol–water partition coefficient (Wildman–Crippen LogP) is 2.39. The van der Waals surface area contributed by atoms with E-state index in [-0.39, 0.29) is 30.0 Å². The van der Waals surface area contributed by atoms with Gasteiger partial charge >= 0.3 is 5.97 Å². The number of Topliss-reactive ketones (excluding diaryl/α,β-unsaturated/α-hetero) is 1. The predicted molar refractivity (Wildman–Crippen MR) is 77.4 cm³/mol. The monoisotopic (exact) mass is 292 g/mol. The van der Waals surface area contributed by atoms with Crippen molar-refractivity contribution in [3.8, 4) is 0 Å². The topological polar surface area (TPSA) is 63.6 Å². The molecule has 1 N–H and O–H groups in total. The number of esters is 1. The molecule has 0 radical (unpaired) electrons. The average molecular weight is 292 g/mol. The number of aliphatic hydroxyl groups is 1. The molecule has 21 heavy (non-hydrogen) atoms. The highest BCUT2D eigenvalue weighted by Gasteiger charge is 2.78. The molecule has 0 aromatic rings. The Kier molecular flexibility index (Phi) is 3.47. The maximum absolute atomic E-state index is 12.4. The second-order valence-electron chi connectivity index (χ2n) is 6.92. The van der Waals surface area contributed by atoms with Crippen molar-refractivity contribution in [2.75, 3.05) is 0 Å². The highest BCUT2D eigenvalue weighted by Crippen LogP contribution is 2.62. The summed E-state index contributed by atoms with van der Waals surface area (Å²) in [4.78, 5) is 24.7. The van der Waals surface area contributed by atoms with E-state index in [0.717, 1.165) is 32.1 Å². The van der Waals surface area contributed by atoms with Crippen LogP contribution < -0.4 is 0 Å². The number of aliphatic hydroxyl groups excluding tert-OH is 1. The van der Waals surface area contributed by atoms with Crippen LogP contribution >= 0.6 is 0 Å². The minimum atomic E-state index is -1.02. The fourth-order valence-electron chi connectivity index (χ4n) is 4.58. The third-order valence-electron chi connectivity index (χ3n) is 5.84. The third-order valence-corrected chi connectivity index (χ3v) is 5.84. The van der Waals surface area contributed by atoms with Gasteiger partial charge in [-0.3, -0.25) is 9.59 Å². The van der Waals surface area contributed by atoms with Crippen LogP contribution in [0.1, 0.15) is 52.4 Å². The van der Waals surface area contributed by atoms with E-state index in [2.05, 4.69) is 6.08 Å². The molecule has 3 rings (SSSR count). The molecule has 2 fully saturated rings. The molecule has 4 heteroatoms. The van der Waals surface area contributed by atoms with Gasteiger partial charge in [-0.25, -0.2) is 0 Å². The zero-order valence-electron chi connectivity index (χ0n) is 12.8. The van der Waals surface area contributed by atoms with E-state index in [0.29, 0.717) is 0 Å². The second kappa shape index (κ2) is 4.94. The van der Waals surface area contributed by atoms with Crippen molar-refractivity contribution in [2.45, 2.75) is 64.1 Å². The highest BCUT2D eigenvalue weighted by molar-refractivity contribution is 6.00. The Hall–Kier alpha value is -1.16. The van der Waals surface area contributed by atoms with E-state index in [4.69, 9.17) is 4.74 Å². The van der Waals surface area contributed by atoms with Gasteiger partial charge in [-0.2, -0.15) is 0 Å². The Morgan fingerprint density at radius 2 is 2.24 bits per heavy atom. The van der Waals surface area contributed by atoms with Gasteiger partial charge in [0.2, 0.25) is 0 Å². The molecule has 1 saturated heterocycles. The normalized spacial score (nSPS) is 43.2. The van der Waals surface area contributed by atoms with Crippen molar-refractivity contribution in [3.05, 3.63) is 12.2 Å². The summed E-state index contributed by atoms with van der Waals surface area (Å²) in [6, 6.07) is 0. The van der Waals surface area contributed by atoms with Gasteiger partial charge in [0.1, 0.15) is 16.8 Å². The van der Waals surface area contributed by atoms with Gasteiger partial charge in [-0.1, -0.05) is 25.5 Å². The van der Waals surface area contributed by atoms with E-state index < -0.39 is 17.1 Å². The van der Waals surface area contributed by atoms with Crippen LogP contribution in [0.4, 0.5) is 0 Å². The number of hydrogen-bond acceptors (Lipinski definition) is 4. The number of ketones is 1. The van der Waals surface area contributed by atoms with Gasteiger partial charge in [0.15, 0.2) is 0 Å². The Bertz CT molecular complexity index is 497. The van der Waals surface area contributed by atoms with Crippen LogP contribution in [-0.2, 0) is 14.3 Å². The largest absolute Gasteiger partial charge is 0.457 e. The van der Waals surface area contributed by atoms with Crippen LogP contribution in [0.15, 0.2) is 12.2 Å². The van der Waals surface area contributed by atoms with Gasteiger partial charge < -0.3 is 9.84 Å². The summed E-state index contributed by atoms with van der Waals surface area (Å²) in [5.41, 5.74) is -1.84. The first kappa shape index (κ1) is 14.8. The number of ether oxygens (including phenoxy) is 1. The minimum absolute atomic E-state index is 0.0425. The fraction of sp³-hybridized carbons (Fsp3) is 0.765. The van der Waals surface area contributed by atoms with E-state index >= 15 is 0 Å². The van der Waals surface area contributed by atoms with E-state index in [9.17, 15) is 14.7 Å². The molecule has 0 bridgehead atoms. The summed E-state index contributed by atoms with van der Waals surface area (Å²) in [5.74, 6) is -0.617. The van der Waals surface area contributed by atoms with Crippen LogP contribution in [0.3, 0.4) is 0 Å². The SMILES string of the molecule is CCC[C@H]1C(=O)CC2([C@@H](O)C3C=CCCC3)C(=O)O[C@@]12C. The maximum atomic E-state index is 12.4. The Labute approximate surface area is 125 Å². The molecule has 1 saturated carbocycles. The summed E-state index contributed by atoms with van der Waals surface area (Å²) in [6.45, 7) is 3.87. The molecule has 5 atom stereocenters. The van der Waals surface area contributed by atoms with E-state index in [1.807, 2.05) is 19.9 Å². The minimum Gasteiger partial charge on any atom is -0.457 e. The average Bonchev–Trinajstić information content (AvgIpc) is 2.65. The number of allylic oxidation sites excluding steroid dienone is 1. The first-order valence-electron chi connectivity index (χ1n) is 8.08. The molecule has 3 aliphatic rings. The van der Waals surface area contributed by atoms with Crippen molar-refractivity contribution < 1.29 is 19.4 Å². The third kappa shape index (κ3) is 1.78. The Morgan fingerprint density at radius 1 is 1.48 bits per heavy atom. The zero-order chi connectivity index (χ0) is 15.3. The smallest absolute Gasteiger partial charge is 0.319 e. The lowest BCUT2D eigenvalue weighted by atomic mass is 9.60. The van der Waals surface area contributed by atoms with Gasteiger partial charge in [-0.15, -0.1) is 0 Å². The number of carbonyl (C=O) groups is 2. The van der Waals surface area contributed by atoms with Crippen LogP contribution in [0.5, 0.6) is 0 Å². The molecule has 116 valence electrons.